The first-order valence-electron chi connectivity index (χ1n) is 7.15. The Morgan fingerprint density at radius 1 is 1.13 bits per heavy atom. The quantitative estimate of drug-likeness (QED) is 0.538. The monoisotopic (exact) mass is 325 g/mol. The van der Waals surface area contributed by atoms with Crippen LogP contribution in [0.2, 0.25) is 0 Å². The van der Waals surface area contributed by atoms with Gasteiger partial charge in [0.05, 0.1) is 21.3 Å². The number of nitrogens with zero attached hydrogens (tertiary/aromatic N) is 1. The van der Waals surface area contributed by atoms with E-state index in [1.54, 1.807) is 29.8 Å². The Labute approximate surface area is 137 Å². The second-order valence-electron chi connectivity index (χ2n) is 5.35. The van der Waals surface area contributed by atoms with Crippen LogP contribution in [0.25, 0.3) is 10.2 Å². The lowest BCUT2D eigenvalue weighted by molar-refractivity contribution is 0.0474. The van der Waals surface area contributed by atoms with Crippen molar-refractivity contribution in [3.63, 3.8) is 0 Å². The van der Waals surface area contributed by atoms with E-state index >= 15 is 0 Å². The Kier molecular flexibility index (Phi) is 4.21. The van der Waals surface area contributed by atoms with Crippen LogP contribution in [0.3, 0.4) is 0 Å². The van der Waals surface area contributed by atoms with Gasteiger partial charge >= 0.3 is 5.97 Å². The molecule has 3 aromatic rings. The lowest BCUT2D eigenvalue weighted by Crippen LogP contribution is -2.15. The lowest BCUT2D eigenvalue weighted by atomic mass is 10.0. The zero-order valence-corrected chi connectivity index (χ0v) is 13.6. The second kappa shape index (κ2) is 6.30. The van der Waals surface area contributed by atoms with Crippen LogP contribution < -0.4 is 0 Å². The van der Waals surface area contributed by atoms with Gasteiger partial charge in [0.2, 0.25) is 5.78 Å². The molecule has 1 heterocycles. The molecule has 4 nitrogen and oxygen atoms in total. The van der Waals surface area contributed by atoms with Gasteiger partial charge in [0.15, 0.2) is 6.61 Å². The third kappa shape index (κ3) is 3.29. The van der Waals surface area contributed by atoms with Crippen molar-refractivity contribution in [1.29, 1.82) is 0 Å². The first-order valence-corrected chi connectivity index (χ1v) is 8.03. The zero-order chi connectivity index (χ0) is 16.4. The number of ether oxygens (including phenoxy) is 1. The molecule has 23 heavy (non-hydrogen) atoms. The summed E-state index contributed by atoms with van der Waals surface area (Å²) < 4.78 is 6.07. The van der Waals surface area contributed by atoms with Crippen molar-refractivity contribution in [3.05, 3.63) is 64.2 Å². The summed E-state index contributed by atoms with van der Waals surface area (Å²) in [5, 5.41) is 0. The minimum atomic E-state index is -0.501. The van der Waals surface area contributed by atoms with Crippen molar-refractivity contribution < 1.29 is 14.3 Å². The molecule has 1 aromatic heterocycles. The van der Waals surface area contributed by atoms with Crippen LogP contribution >= 0.6 is 11.3 Å². The number of thiazole rings is 1. The summed E-state index contributed by atoms with van der Waals surface area (Å²) in [6, 6.07) is 10.7. The van der Waals surface area contributed by atoms with E-state index in [1.165, 1.54) is 11.3 Å². The standard InChI is InChI=1S/C18H15NO3S/c1-11-3-5-14(12(2)7-11)16(20)9-22-18(21)13-4-6-15-17(8-13)23-10-19-15/h3-8,10H,9H2,1-2H3. The Hall–Kier alpha value is -2.53. The minimum absolute atomic E-state index is 0.199. The van der Waals surface area contributed by atoms with E-state index in [1.807, 2.05) is 26.0 Å². The van der Waals surface area contributed by atoms with Gasteiger partial charge in [-0.25, -0.2) is 9.78 Å². The van der Waals surface area contributed by atoms with Crippen LogP contribution in [0, 0.1) is 13.8 Å². The highest BCUT2D eigenvalue weighted by atomic mass is 32.1. The molecule has 0 amide bonds. The number of ketones is 1. The fraction of sp³-hybridized carbons (Fsp3) is 0.167. The summed E-state index contributed by atoms with van der Waals surface area (Å²) in [5.74, 6) is -0.701. The predicted molar refractivity (Wildman–Crippen MR) is 90.1 cm³/mol. The Bertz CT molecular complexity index is 898. The number of esters is 1. The Morgan fingerprint density at radius 2 is 1.96 bits per heavy atom. The van der Waals surface area contributed by atoms with E-state index in [0.29, 0.717) is 11.1 Å². The summed E-state index contributed by atoms with van der Waals surface area (Å²) in [6.07, 6.45) is 0. The highest BCUT2D eigenvalue weighted by Gasteiger charge is 2.14. The predicted octanol–water partition coefficient (Wildman–Crippen LogP) is 3.95. The maximum atomic E-state index is 12.2. The topological polar surface area (TPSA) is 56.3 Å². The number of fused-ring (bicyclic) bond motifs is 1. The van der Waals surface area contributed by atoms with E-state index in [-0.39, 0.29) is 12.4 Å². The molecule has 0 radical (unpaired) electrons. The molecule has 0 aliphatic heterocycles. The van der Waals surface area contributed by atoms with Crippen LogP contribution in [-0.2, 0) is 4.74 Å². The van der Waals surface area contributed by atoms with Gasteiger partial charge in [-0.2, -0.15) is 0 Å². The molecule has 0 unspecified atom stereocenters. The van der Waals surface area contributed by atoms with Crippen LogP contribution in [0.15, 0.2) is 41.9 Å². The molecule has 5 heteroatoms. The molecule has 0 N–H and O–H groups in total. The third-order valence-corrected chi connectivity index (χ3v) is 4.38. The number of Topliss-reactive ketones (excluding diaryl/α,β-unsaturated/α-hetero) is 1. The van der Waals surface area contributed by atoms with Gasteiger partial charge in [-0.15, -0.1) is 11.3 Å². The van der Waals surface area contributed by atoms with Crippen molar-refractivity contribution in [2.45, 2.75) is 13.8 Å². The smallest absolute Gasteiger partial charge is 0.338 e. The molecule has 0 fully saturated rings. The van der Waals surface area contributed by atoms with Crippen molar-refractivity contribution in [2.24, 2.45) is 0 Å². The van der Waals surface area contributed by atoms with E-state index < -0.39 is 5.97 Å². The van der Waals surface area contributed by atoms with E-state index in [0.717, 1.165) is 21.3 Å². The fourth-order valence-electron chi connectivity index (χ4n) is 2.40. The van der Waals surface area contributed by atoms with Gasteiger partial charge in [0, 0.05) is 5.56 Å². The molecule has 0 atom stereocenters. The first kappa shape index (κ1) is 15.4. The van der Waals surface area contributed by atoms with Crippen molar-refractivity contribution in [2.75, 3.05) is 6.61 Å². The van der Waals surface area contributed by atoms with E-state index in [4.69, 9.17) is 4.74 Å². The van der Waals surface area contributed by atoms with Gasteiger partial charge in [-0.1, -0.05) is 23.8 Å². The van der Waals surface area contributed by atoms with Crippen molar-refractivity contribution in [3.8, 4) is 0 Å². The number of hydrogen-bond donors (Lipinski definition) is 0. The summed E-state index contributed by atoms with van der Waals surface area (Å²) in [5.41, 5.74) is 5.56. The number of carbonyl (C=O) groups is 2. The van der Waals surface area contributed by atoms with Crippen LogP contribution in [-0.4, -0.2) is 23.3 Å². The van der Waals surface area contributed by atoms with Crippen LogP contribution in [0.5, 0.6) is 0 Å². The maximum absolute atomic E-state index is 12.2. The fourth-order valence-corrected chi connectivity index (χ4v) is 3.12. The molecule has 2 aromatic carbocycles. The van der Waals surface area contributed by atoms with Crippen molar-refractivity contribution in [1.82, 2.24) is 4.98 Å². The normalized spacial score (nSPS) is 10.7. The Balaban J connectivity index is 1.69. The average molecular weight is 325 g/mol. The van der Waals surface area contributed by atoms with Gasteiger partial charge in [0.1, 0.15) is 0 Å². The molecule has 0 saturated carbocycles. The van der Waals surface area contributed by atoms with Gasteiger partial charge < -0.3 is 4.74 Å². The molecule has 0 saturated heterocycles. The summed E-state index contributed by atoms with van der Waals surface area (Å²) in [6.45, 7) is 3.58. The molecule has 0 aliphatic carbocycles. The minimum Gasteiger partial charge on any atom is -0.454 e. The summed E-state index contributed by atoms with van der Waals surface area (Å²) >= 11 is 1.46. The SMILES string of the molecule is Cc1ccc(C(=O)COC(=O)c2ccc3ncsc3c2)c(C)c1. The highest BCUT2D eigenvalue weighted by Crippen LogP contribution is 2.19. The number of hydrogen-bond acceptors (Lipinski definition) is 5. The highest BCUT2D eigenvalue weighted by molar-refractivity contribution is 7.16. The van der Waals surface area contributed by atoms with Gasteiger partial charge in [0.25, 0.3) is 0 Å². The number of aryl methyl sites for hydroxylation is 2. The maximum Gasteiger partial charge on any atom is 0.338 e. The summed E-state index contributed by atoms with van der Waals surface area (Å²) in [7, 11) is 0. The summed E-state index contributed by atoms with van der Waals surface area (Å²) in [4.78, 5) is 28.5. The van der Waals surface area contributed by atoms with Crippen LogP contribution in [0.4, 0.5) is 0 Å². The number of benzene rings is 2. The van der Waals surface area contributed by atoms with Gasteiger partial charge in [-0.3, -0.25) is 4.79 Å². The molecule has 0 aliphatic rings. The van der Waals surface area contributed by atoms with Gasteiger partial charge in [-0.05, 0) is 37.6 Å². The number of carbonyl (C=O) groups excluding carboxylic acids is 2. The molecular formula is C18H15NO3S. The third-order valence-electron chi connectivity index (χ3n) is 3.58. The molecule has 0 spiro atoms. The molecule has 0 bridgehead atoms. The van der Waals surface area contributed by atoms with Crippen LogP contribution in [0.1, 0.15) is 31.8 Å². The first-order chi connectivity index (χ1) is 11.0. The number of rotatable bonds is 4. The lowest BCUT2D eigenvalue weighted by Gasteiger charge is -2.07. The van der Waals surface area contributed by atoms with E-state index in [2.05, 4.69) is 4.98 Å². The molecule has 116 valence electrons. The average Bonchev–Trinajstić information content (AvgIpc) is 2.99. The second-order valence-corrected chi connectivity index (χ2v) is 6.24. The zero-order valence-electron chi connectivity index (χ0n) is 12.8. The number of aromatic nitrogens is 1. The molecular weight excluding hydrogens is 310 g/mol. The van der Waals surface area contributed by atoms with Crippen molar-refractivity contribution >= 4 is 33.3 Å². The molecule has 3 rings (SSSR count). The Morgan fingerprint density at radius 3 is 2.74 bits per heavy atom. The van der Waals surface area contributed by atoms with E-state index in [9.17, 15) is 9.59 Å². The largest absolute Gasteiger partial charge is 0.454 e.